The van der Waals surface area contributed by atoms with E-state index in [0.717, 1.165) is 31.1 Å². The van der Waals surface area contributed by atoms with E-state index in [9.17, 15) is 4.79 Å². The van der Waals surface area contributed by atoms with Gasteiger partial charge in [-0.15, -0.1) is 0 Å². The topological polar surface area (TPSA) is 32.3 Å². The minimum atomic E-state index is 0.123. The van der Waals surface area contributed by atoms with Gasteiger partial charge in [0.15, 0.2) is 0 Å². The fraction of sp³-hybridized carbons (Fsp3) is 0.588. The Kier molecular flexibility index (Phi) is 4.06. The Bertz CT molecular complexity index is 490. The first-order valence-electron chi connectivity index (χ1n) is 7.85. The molecule has 0 spiro atoms. The molecule has 3 heteroatoms. The van der Waals surface area contributed by atoms with Crippen LogP contribution in [0, 0.1) is 5.92 Å². The average Bonchev–Trinajstić information content (AvgIpc) is 2.89. The van der Waals surface area contributed by atoms with E-state index < -0.39 is 0 Å². The van der Waals surface area contributed by atoms with Crippen molar-refractivity contribution >= 4 is 11.6 Å². The number of hydrogen-bond donors (Lipinski definition) is 1. The third-order valence-electron chi connectivity index (χ3n) is 4.63. The maximum Gasteiger partial charge on any atom is 0.238 e. The van der Waals surface area contributed by atoms with Gasteiger partial charge in [0, 0.05) is 5.69 Å². The summed E-state index contributed by atoms with van der Waals surface area (Å²) in [7, 11) is 0. The number of aryl methyl sites for hydroxylation is 2. The second kappa shape index (κ2) is 5.96. The van der Waals surface area contributed by atoms with Gasteiger partial charge in [-0.2, -0.15) is 0 Å². The molecule has 1 aromatic rings. The SMILES string of the molecule is CC1CCN(CC(=O)Nc2ccc3c(c2)CCC3)CC1. The Balaban J connectivity index is 1.54. The van der Waals surface area contributed by atoms with Gasteiger partial charge in [-0.3, -0.25) is 9.69 Å². The molecule has 0 saturated carbocycles. The lowest BCUT2D eigenvalue weighted by Crippen LogP contribution is -2.38. The third-order valence-corrected chi connectivity index (χ3v) is 4.63. The summed E-state index contributed by atoms with van der Waals surface area (Å²) in [5.41, 5.74) is 3.82. The molecule has 0 unspecified atom stereocenters. The molecule has 0 radical (unpaired) electrons. The summed E-state index contributed by atoms with van der Waals surface area (Å²) >= 11 is 0. The zero-order chi connectivity index (χ0) is 13.9. The summed E-state index contributed by atoms with van der Waals surface area (Å²) < 4.78 is 0. The molecule has 108 valence electrons. The van der Waals surface area contributed by atoms with Crippen molar-refractivity contribution in [3.05, 3.63) is 29.3 Å². The first kappa shape index (κ1) is 13.6. The highest BCUT2D eigenvalue weighted by Crippen LogP contribution is 2.25. The zero-order valence-corrected chi connectivity index (χ0v) is 12.3. The summed E-state index contributed by atoms with van der Waals surface area (Å²) in [6.45, 7) is 4.93. The summed E-state index contributed by atoms with van der Waals surface area (Å²) in [6.07, 6.45) is 6.02. The van der Waals surface area contributed by atoms with Gasteiger partial charge in [-0.1, -0.05) is 13.0 Å². The predicted octanol–water partition coefficient (Wildman–Crippen LogP) is 2.85. The van der Waals surface area contributed by atoms with E-state index in [2.05, 4.69) is 29.3 Å². The van der Waals surface area contributed by atoms with E-state index in [0.29, 0.717) is 6.54 Å². The molecule has 1 N–H and O–H groups in total. The van der Waals surface area contributed by atoms with Gasteiger partial charge in [0.05, 0.1) is 6.54 Å². The monoisotopic (exact) mass is 272 g/mol. The van der Waals surface area contributed by atoms with Crippen molar-refractivity contribution in [3.8, 4) is 0 Å². The normalized spacial score (nSPS) is 19.9. The fourth-order valence-corrected chi connectivity index (χ4v) is 3.27. The molecule has 1 aliphatic heterocycles. The Morgan fingerprint density at radius 3 is 2.80 bits per heavy atom. The second-order valence-electron chi connectivity index (χ2n) is 6.34. The molecule has 1 fully saturated rings. The molecule has 3 nitrogen and oxygen atoms in total. The number of likely N-dealkylation sites (tertiary alicyclic amines) is 1. The number of anilines is 1. The number of piperidine rings is 1. The summed E-state index contributed by atoms with van der Waals surface area (Å²) in [5, 5.41) is 3.05. The third kappa shape index (κ3) is 3.21. The van der Waals surface area contributed by atoms with E-state index >= 15 is 0 Å². The van der Waals surface area contributed by atoms with Crippen molar-refractivity contribution < 1.29 is 4.79 Å². The van der Waals surface area contributed by atoms with Gasteiger partial charge in [-0.25, -0.2) is 0 Å². The molecule has 20 heavy (non-hydrogen) atoms. The van der Waals surface area contributed by atoms with Gasteiger partial charge in [0.1, 0.15) is 0 Å². The lowest BCUT2D eigenvalue weighted by Gasteiger charge is -2.29. The van der Waals surface area contributed by atoms with E-state index in [1.807, 2.05) is 6.07 Å². The molecule has 0 bridgehead atoms. The van der Waals surface area contributed by atoms with Crippen molar-refractivity contribution in [1.82, 2.24) is 4.90 Å². The molecule has 0 aromatic heterocycles. The van der Waals surface area contributed by atoms with Crippen LogP contribution in [0.5, 0.6) is 0 Å². The molecule has 1 heterocycles. The molecule has 1 aromatic carbocycles. The summed E-state index contributed by atoms with van der Waals surface area (Å²) in [4.78, 5) is 14.4. The number of amides is 1. The predicted molar refractivity (Wildman–Crippen MR) is 81.9 cm³/mol. The highest BCUT2D eigenvalue weighted by atomic mass is 16.2. The summed E-state index contributed by atoms with van der Waals surface area (Å²) in [6, 6.07) is 6.36. The number of nitrogens with one attached hydrogen (secondary N) is 1. The largest absolute Gasteiger partial charge is 0.325 e. The molecule has 1 aliphatic carbocycles. The number of carbonyl (C=O) groups is 1. The van der Waals surface area contributed by atoms with Crippen LogP contribution in [0.1, 0.15) is 37.3 Å². The smallest absolute Gasteiger partial charge is 0.238 e. The standard InChI is InChI=1S/C17H24N2O/c1-13-7-9-19(10-8-13)12-17(20)18-16-6-5-14-3-2-4-15(14)11-16/h5-6,11,13H,2-4,7-10,12H2,1H3,(H,18,20). The van der Waals surface area contributed by atoms with Gasteiger partial charge in [-0.05, 0) is 74.4 Å². The van der Waals surface area contributed by atoms with Crippen LogP contribution < -0.4 is 5.32 Å². The Morgan fingerprint density at radius 1 is 1.25 bits per heavy atom. The molecule has 1 amide bonds. The highest BCUT2D eigenvalue weighted by molar-refractivity contribution is 5.92. The van der Waals surface area contributed by atoms with Gasteiger partial charge in [0.2, 0.25) is 5.91 Å². The lowest BCUT2D eigenvalue weighted by atomic mass is 9.99. The minimum absolute atomic E-state index is 0.123. The number of nitrogens with zero attached hydrogens (tertiary/aromatic N) is 1. The minimum Gasteiger partial charge on any atom is -0.325 e. The Morgan fingerprint density at radius 2 is 2.00 bits per heavy atom. The van der Waals surface area contributed by atoms with E-state index in [1.165, 1.54) is 36.8 Å². The van der Waals surface area contributed by atoms with Crippen molar-refractivity contribution in [2.45, 2.75) is 39.0 Å². The number of rotatable bonds is 3. The molecule has 1 saturated heterocycles. The lowest BCUT2D eigenvalue weighted by molar-refractivity contribution is -0.117. The van der Waals surface area contributed by atoms with Crippen molar-refractivity contribution in [2.24, 2.45) is 5.92 Å². The first-order chi connectivity index (χ1) is 9.70. The van der Waals surface area contributed by atoms with Gasteiger partial charge >= 0.3 is 0 Å². The van der Waals surface area contributed by atoms with Gasteiger partial charge in [0.25, 0.3) is 0 Å². The average molecular weight is 272 g/mol. The Hall–Kier alpha value is -1.35. The van der Waals surface area contributed by atoms with Crippen LogP contribution in [-0.2, 0) is 17.6 Å². The molecular formula is C17H24N2O. The van der Waals surface area contributed by atoms with Crippen molar-refractivity contribution in [3.63, 3.8) is 0 Å². The fourth-order valence-electron chi connectivity index (χ4n) is 3.27. The Labute approximate surface area is 121 Å². The second-order valence-corrected chi connectivity index (χ2v) is 6.34. The quantitative estimate of drug-likeness (QED) is 0.917. The van der Waals surface area contributed by atoms with Crippen molar-refractivity contribution in [1.29, 1.82) is 0 Å². The van der Waals surface area contributed by atoms with Crippen LogP contribution in [0.3, 0.4) is 0 Å². The number of hydrogen-bond acceptors (Lipinski definition) is 2. The van der Waals surface area contributed by atoms with Crippen LogP contribution in [0.4, 0.5) is 5.69 Å². The van der Waals surface area contributed by atoms with Crippen LogP contribution >= 0.6 is 0 Å². The molecule has 3 rings (SSSR count). The van der Waals surface area contributed by atoms with Crippen LogP contribution in [0.25, 0.3) is 0 Å². The van der Waals surface area contributed by atoms with E-state index in [1.54, 1.807) is 0 Å². The molecular weight excluding hydrogens is 248 g/mol. The highest BCUT2D eigenvalue weighted by Gasteiger charge is 2.18. The molecule has 2 aliphatic rings. The van der Waals surface area contributed by atoms with Crippen LogP contribution in [0.2, 0.25) is 0 Å². The first-order valence-corrected chi connectivity index (χ1v) is 7.85. The van der Waals surface area contributed by atoms with E-state index in [4.69, 9.17) is 0 Å². The maximum atomic E-state index is 12.1. The van der Waals surface area contributed by atoms with Crippen LogP contribution in [0.15, 0.2) is 18.2 Å². The number of carbonyl (C=O) groups excluding carboxylic acids is 1. The van der Waals surface area contributed by atoms with Crippen molar-refractivity contribution in [2.75, 3.05) is 25.0 Å². The van der Waals surface area contributed by atoms with Crippen LogP contribution in [-0.4, -0.2) is 30.4 Å². The number of benzene rings is 1. The van der Waals surface area contributed by atoms with Gasteiger partial charge < -0.3 is 5.32 Å². The number of fused-ring (bicyclic) bond motifs is 1. The summed E-state index contributed by atoms with van der Waals surface area (Å²) in [5.74, 6) is 0.934. The maximum absolute atomic E-state index is 12.1. The zero-order valence-electron chi connectivity index (χ0n) is 12.3. The molecule has 0 atom stereocenters. The van der Waals surface area contributed by atoms with E-state index in [-0.39, 0.29) is 5.91 Å².